The first kappa shape index (κ1) is 15.2. The predicted molar refractivity (Wildman–Crippen MR) is 101 cm³/mol. The van der Waals surface area contributed by atoms with Gasteiger partial charge in [0.15, 0.2) is 0 Å². The molecule has 4 nitrogen and oxygen atoms in total. The van der Waals surface area contributed by atoms with E-state index in [0.717, 1.165) is 16.8 Å². The topological polar surface area (TPSA) is 64.5 Å². The van der Waals surface area contributed by atoms with Crippen LogP contribution in [0.4, 0.5) is 10.1 Å². The summed E-state index contributed by atoms with van der Waals surface area (Å²) in [4.78, 5) is 0. The Balaban J connectivity index is 1.53. The molecule has 2 fully saturated rings. The van der Waals surface area contributed by atoms with Crippen LogP contribution < -0.4 is 5.32 Å². The van der Waals surface area contributed by atoms with Crippen LogP contribution >= 0.6 is 0 Å². The highest BCUT2D eigenvalue weighted by Gasteiger charge is 2.54. The maximum atomic E-state index is 14.3. The average Bonchev–Trinajstić information content (AvgIpc) is 3.42. The van der Waals surface area contributed by atoms with E-state index in [1.807, 2.05) is 18.3 Å². The molecule has 0 amide bonds. The van der Waals surface area contributed by atoms with E-state index in [0.29, 0.717) is 23.7 Å². The molecule has 1 aromatic heterocycles. The Kier molecular flexibility index (Phi) is 3.00. The van der Waals surface area contributed by atoms with Crippen LogP contribution in [0, 0.1) is 34.9 Å². The lowest BCUT2D eigenvalue weighted by molar-refractivity contribution is 0.248. The van der Waals surface area contributed by atoms with Crippen molar-refractivity contribution in [3.8, 4) is 6.07 Å². The predicted octanol–water partition coefficient (Wildman–Crippen LogP) is 4.87. The lowest BCUT2D eigenvalue weighted by atomic mass is 9.67. The smallest absolute Gasteiger partial charge is 0.141 e. The van der Waals surface area contributed by atoms with Gasteiger partial charge in [0.05, 0.1) is 23.3 Å². The number of nitriles is 1. The molecule has 3 aliphatic rings. The maximum Gasteiger partial charge on any atom is 0.141 e. The summed E-state index contributed by atoms with van der Waals surface area (Å²) < 4.78 is 14.3. The van der Waals surface area contributed by atoms with Crippen LogP contribution in [0.25, 0.3) is 10.9 Å². The van der Waals surface area contributed by atoms with Gasteiger partial charge in [-0.15, -0.1) is 0 Å². The Morgan fingerprint density at radius 2 is 2.04 bits per heavy atom. The molecule has 2 aliphatic carbocycles. The molecule has 2 N–H and O–H groups in total. The van der Waals surface area contributed by atoms with Crippen molar-refractivity contribution in [2.24, 2.45) is 17.8 Å². The minimum absolute atomic E-state index is 0.0874. The van der Waals surface area contributed by atoms with Crippen molar-refractivity contribution < 1.29 is 4.39 Å². The molecule has 134 valence electrons. The number of H-pyrrole nitrogens is 1. The monoisotopic (exact) mass is 358 g/mol. The normalized spacial score (nSPS) is 30.6. The molecule has 2 aromatic carbocycles. The lowest BCUT2D eigenvalue weighted by Gasteiger charge is -2.43. The van der Waals surface area contributed by atoms with Crippen molar-refractivity contribution in [3.05, 3.63) is 59.0 Å². The standard InChI is InChI=1S/C22H19FN4/c23-16-8-13(3-4-14(16)9-24)22-20-12-2-1-11(7-12)19(20)21-15-10-25-27-17(15)5-6-18(21)26-22/h3-6,8,10-12,19-20,22,26H,1-2,7H2,(H,25,27)/t11-,12+,19+,20-,22+/m1/s1. The van der Waals surface area contributed by atoms with Gasteiger partial charge in [-0.05, 0) is 78.3 Å². The number of halogens is 1. The van der Waals surface area contributed by atoms with Crippen molar-refractivity contribution in [3.63, 3.8) is 0 Å². The fraction of sp³-hybridized carbons (Fsp3) is 0.364. The van der Waals surface area contributed by atoms with Gasteiger partial charge in [-0.3, -0.25) is 5.10 Å². The summed E-state index contributed by atoms with van der Waals surface area (Å²) >= 11 is 0. The van der Waals surface area contributed by atoms with Crippen molar-refractivity contribution in [1.82, 2.24) is 10.2 Å². The van der Waals surface area contributed by atoms with Crippen molar-refractivity contribution in [1.29, 1.82) is 5.26 Å². The summed E-state index contributed by atoms with van der Waals surface area (Å²) in [5, 5.41) is 21.4. The number of aromatic amines is 1. The second kappa shape index (κ2) is 5.32. The third-order valence-electron chi connectivity index (χ3n) is 7.15. The first-order valence-corrected chi connectivity index (χ1v) is 9.66. The number of aromatic nitrogens is 2. The van der Waals surface area contributed by atoms with Crippen LogP contribution in [0.2, 0.25) is 0 Å². The number of hydrogen-bond donors (Lipinski definition) is 2. The highest BCUT2D eigenvalue weighted by molar-refractivity contribution is 5.88. The zero-order chi connectivity index (χ0) is 18.1. The molecule has 5 heteroatoms. The fourth-order valence-electron chi connectivity index (χ4n) is 6.15. The van der Waals surface area contributed by atoms with Crippen molar-refractivity contribution in [2.45, 2.75) is 31.2 Å². The molecule has 2 heterocycles. The van der Waals surface area contributed by atoms with E-state index in [2.05, 4.69) is 27.6 Å². The molecule has 6 rings (SSSR count). The van der Waals surface area contributed by atoms with Crippen LogP contribution in [0.15, 0.2) is 36.5 Å². The van der Waals surface area contributed by atoms with Crippen LogP contribution in [0.1, 0.15) is 47.9 Å². The van der Waals surface area contributed by atoms with Gasteiger partial charge >= 0.3 is 0 Å². The average molecular weight is 358 g/mol. The van der Waals surface area contributed by atoms with Gasteiger partial charge < -0.3 is 5.32 Å². The van der Waals surface area contributed by atoms with Gasteiger partial charge in [-0.1, -0.05) is 6.07 Å². The van der Waals surface area contributed by atoms with Gasteiger partial charge in [-0.2, -0.15) is 10.4 Å². The second-order valence-electron chi connectivity index (χ2n) is 8.27. The van der Waals surface area contributed by atoms with E-state index in [9.17, 15) is 4.39 Å². The van der Waals surface area contributed by atoms with E-state index in [4.69, 9.17) is 5.26 Å². The summed E-state index contributed by atoms with van der Waals surface area (Å²) in [6, 6.07) is 11.3. The first-order valence-electron chi connectivity index (χ1n) is 9.66. The van der Waals surface area contributed by atoms with Crippen LogP contribution in [0.5, 0.6) is 0 Å². The molecule has 0 saturated heterocycles. The first-order chi connectivity index (χ1) is 13.2. The highest BCUT2D eigenvalue weighted by atomic mass is 19.1. The summed E-state index contributed by atoms with van der Waals surface area (Å²) in [7, 11) is 0. The van der Waals surface area contributed by atoms with Crippen molar-refractivity contribution >= 4 is 16.6 Å². The number of anilines is 1. The minimum Gasteiger partial charge on any atom is -0.378 e. The highest BCUT2D eigenvalue weighted by Crippen LogP contribution is 2.64. The number of nitrogens with zero attached hydrogens (tertiary/aromatic N) is 2. The van der Waals surface area contributed by atoms with E-state index < -0.39 is 5.82 Å². The maximum absolute atomic E-state index is 14.3. The van der Waals surface area contributed by atoms with Gasteiger partial charge in [0.2, 0.25) is 0 Å². The number of hydrogen-bond acceptors (Lipinski definition) is 3. The summed E-state index contributed by atoms with van der Waals surface area (Å²) in [5.41, 5.74) is 4.68. The molecule has 2 saturated carbocycles. The molecule has 27 heavy (non-hydrogen) atoms. The largest absolute Gasteiger partial charge is 0.378 e. The van der Waals surface area contributed by atoms with Gasteiger partial charge in [0.1, 0.15) is 11.9 Å². The molecular formula is C22H19FN4. The summed E-state index contributed by atoms with van der Waals surface area (Å²) in [6.07, 6.45) is 5.76. The summed E-state index contributed by atoms with van der Waals surface area (Å²) in [5.74, 6) is 1.90. The molecule has 1 aliphatic heterocycles. The van der Waals surface area contributed by atoms with Gasteiger partial charge in [-0.25, -0.2) is 4.39 Å². The van der Waals surface area contributed by atoms with Gasteiger partial charge in [0.25, 0.3) is 0 Å². The summed E-state index contributed by atoms with van der Waals surface area (Å²) in [6.45, 7) is 0. The van der Waals surface area contributed by atoms with Crippen LogP contribution in [0.3, 0.4) is 0 Å². The SMILES string of the molecule is N#Cc1ccc([C@@H]2Nc3ccc4[nH]ncc4c3[C@H]3[C@@H]4CC[C@@H](C4)[C@H]32)cc1F. The number of benzene rings is 2. The number of rotatable bonds is 1. The van der Waals surface area contributed by atoms with Crippen molar-refractivity contribution in [2.75, 3.05) is 5.32 Å². The molecule has 0 spiro atoms. The quantitative estimate of drug-likeness (QED) is 0.652. The van der Waals surface area contributed by atoms with Gasteiger partial charge in [0, 0.05) is 11.1 Å². The van der Waals surface area contributed by atoms with Crippen LogP contribution in [-0.4, -0.2) is 10.2 Å². The Hall–Kier alpha value is -2.87. The minimum atomic E-state index is -0.424. The third-order valence-corrected chi connectivity index (χ3v) is 7.15. The molecule has 0 radical (unpaired) electrons. The Bertz CT molecular complexity index is 1110. The molecule has 0 unspecified atom stereocenters. The van der Waals surface area contributed by atoms with E-state index in [-0.39, 0.29) is 11.6 Å². The van der Waals surface area contributed by atoms with E-state index in [1.165, 1.54) is 30.2 Å². The van der Waals surface area contributed by atoms with E-state index >= 15 is 0 Å². The molecule has 5 atom stereocenters. The number of fused-ring (bicyclic) bond motifs is 9. The Morgan fingerprint density at radius 1 is 1.15 bits per heavy atom. The zero-order valence-corrected chi connectivity index (χ0v) is 14.7. The molecule has 3 aromatic rings. The van der Waals surface area contributed by atoms with Crippen LogP contribution in [-0.2, 0) is 0 Å². The Morgan fingerprint density at radius 3 is 2.89 bits per heavy atom. The fourth-order valence-corrected chi connectivity index (χ4v) is 6.15. The molecule has 2 bridgehead atoms. The third kappa shape index (κ3) is 1.98. The molecular weight excluding hydrogens is 339 g/mol. The number of nitrogens with one attached hydrogen (secondary N) is 2. The Labute approximate surface area is 156 Å². The zero-order valence-electron chi connectivity index (χ0n) is 14.7. The second-order valence-corrected chi connectivity index (χ2v) is 8.27. The van der Waals surface area contributed by atoms with E-state index in [1.54, 1.807) is 12.1 Å². The lowest BCUT2D eigenvalue weighted by Crippen LogP contribution is -2.35.